The van der Waals surface area contributed by atoms with Crippen LogP contribution in [0.4, 0.5) is 0 Å². The summed E-state index contributed by atoms with van der Waals surface area (Å²) in [5, 5.41) is 25.8. The Morgan fingerprint density at radius 3 is 2.34 bits per heavy atom. The summed E-state index contributed by atoms with van der Waals surface area (Å²) in [4.78, 5) is 63.0. The zero-order valence-electron chi connectivity index (χ0n) is 19.1. The number of amides is 3. The van der Waals surface area contributed by atoms with Crippen molar-refractivity contribution in [3.63, 3.8) is 0 Å². The summed E-state index contributed by atoms with van der Waals surface area (Å²) >= 11 is 1.40. The molecule has 0 saturated heterocycles. The molecule has 0 spiro atoms. The van der Waals surface area contributed by atoms with E-state index in [2.05, 4.69) is 20.9 Å². The molecule has 0 aliphatic heterocycles. The Kier molecular flexibility index (Phi) is 10.5. The number of carboxylic acids is 2. The highest BCUT2D eigenvalue weighted by molar-refractivity contribution is 7.98. The van der Waals surface area contributed by atoms with Crippen molar-refractivity contribution in [3.05, 3.63) is 36.0 Å². The number of hydrogen-bond acceptors (Lipinski definition) is 7. The van der Waals surface area contributed by atoms with Crippen LogP contribution in [0.1, 0.15) is 18.4 Å². The van der Waals surface area contributed by atoms with E-state index in [1.807, 2.05) is 24.3 Å². The van der Waals surface area contributed by atoms with Crippen molar-refractivity contribution in [3.8, 4) is 0 Å². The van der Waals surface area contributed by atoms with Crippen LogP contribution in [0.25, 0.3) is 10.9 Å². The lowest BCUT2D eigenvalue weighted by Crippen LogP contribution is -2.56. The zero-order valence-corrected chi connectivity index (χ0v) is 19.9. The average Bonchev–Trinajstić information content (AvgIpc) is 3.21. The molecular weight excluding hydrogens is 478 g/mol. The Balaban J connectivity index is 2.08. The summed E-state index contributed by atoms with van der Waals surface area (Å²) in [6, 6.07) is 3.79. The van der Waals surface area contributed by atoms with Gasteiger partial charge in [0.15, 0.2) is 0 Å². The van der Waals surface area contributed by atoms with Gasteiger partial charge in [-0.2, -0.15) is 11.8 Å². The van der Waals surface area contributed by atoms with E-state index in [0.29, 0.717) is 5.75 Å². The summed E-state index contributed by atoms with van der Waals surface area (Å²) in [6.45, 7) is -0.636. The fourth-order valence-corrected chi connectivity index (χ4v) is 3.83. The lowest BCUT2D eigenvalue weighted by Gasteiger charge is -2.23. The molecular formula is C22H29N5O7S. The minimum atomic E-state index is -1.49. The van der Waals surface area contributed by atoms with Gasteiger partial charge in [0.2, 0.25) is 17.7 Å². The molecule has 2 rings (SSSR count). The van der Waals surface area contributed by atoms with Crippen molar-refractivity contribution in [2.75, 3.05) is 18.6 Å². The number of hydrogen-bond donors (Lipinski definition) is 7. The zero-order chi connectivity index (χ0) is 26.0. The Bertz CT molecular complexity index is 1070. The van der Waals surface area contributed by atoms with Crippen molar-refractivity contribution in [2.24, 2.45) is 5.73 Å². The van der Waals surface area contributed by atoms with Gasteiger partial charge in [-0.3, -0.25) is 24.0 Å². The number of carboxylic acid groups (broad SMARTS) is 2. The maximum absolute atomic E-state index is 12.8. The van der Waals surface area contributed by atoms with Crippen LogP contribution >= 0.6 is 11.8 Å². The highest BCUT2D eigenvalue weighted by Gasteiger charge is 2.30. The fourth-order valence-electron chi connectivity index (χ4n) is 3.36. The number of benzene rings is 1. The maximum Gasteiger partial charge on any atom is 0.322 e. The summed E-state index contributed by atoms with van der Waals surface area (Å²) < 4.78 is 0. The van der Waals surface area contributed by atoms with Gasteiger partial charge in [0.05, 0.1) is 12.5 Å². The molecule has 190 valence electrons. The van der Waals surface area contributed by atoms with Crippen LogP contribution in [-0.2, 0) is 30.4 Å². The molecule has 12 nitrogen and oxygen atoms in total. The molecule has 0 fully saturated rings. The van der Waals surface area contributed by atoms with Gasteiger partial charge in [-0.05, 0) is 36.5 Å². The van der Waals surface area contributed by atoms with Gasteiger partial charge in [-0.25, -0.2) is 0 Å². The molecule has 3 amide bonds. The number of carbonyl (C=O) groups excluding carboxylic acids is 3. The van der Waals surface area contributed by atoms with E-state index in [1.54, 1.807) is 12.5 Å². The first-order valence-corrected chi connectivity index (χ1v) is 12.1. The number of aromatic nitrogens is 1. The third kappa shape index (κ3) is 8.61. The quantitative estimate of drug-likeness (QED) is 0.175. The molecule has 0 aliphatic carbocycles. The second-order valence-corrected chi connectivity index (χ2v) is 8.77. The van der Waals surface area contributed by atoms with E-state index in [-0.39, 0.29) is 12.8 Å². The smallest absolute Gasteiger partial charge is 0.322 e. The number of nitrogens with two attached hydrogens (primary N) is 1. The number of fused-ring (bicyclic) bond motifs is 1. The standard InChI is InChI=1S/C22H29N5O7S/c1-35-7-6-16(21(33)25-11-19(30)31)26-22(34)17(9-18(28)29)27-20(32)14(23)8-12-10-24-15-5-3-2-4-13(12)15/h2-5,10,14,16-17,24H,6-9,11,23H2,1H3,(H,25,33)(H,26,34)(H,27,32)(H,28,29)(H,30,31). The molecule has 2 aromatic rings. The first-order valence-electron chi connectivity index (χ1n) is 10.7. The minimum Gasteiger partial charge on any atom is -0.481 e. The second kappa shape index (κ2) is 13.3. The second-order valence-electron chi connectivity index (χ2n) is 7.78. The number of thioether (sulfide) groups is 1. The van der Waals surface area contributed by atoms with Gasteiger partial charge < -0.3 is 36.9 Å². The van der Waals surface area contributed by atoms with Crippen LogP contribution in [-0.4, -0.2) is 81.5 Å². The van der Waals surface area contributed by atoms with Crippen LogP contribution < -0.4 is 21.7 Å². The molecule has 1 aromatic carbocycles. The molecule has 0 radical (unpaired) electrons. The van der Waals surface area contributed by atoms with E-state index < -0.39 is 60.8 Å². The predicted octanol–water partition coefficient (Wildman–Crippen LogP) is -0.564. The van der Waals surface area contributed by atoms with Crippen LogP contribution in [0.3, 0.4) is 0 Å². The molecule has 13 heteroatoms. The molecule has 0 aliphatic rings. The highest BCUT2D eigenvalue weighted by Crippen LogP contribution is 2.18. The summed E-state index contributed by atoms with van der Waals surface area (Å²) in [6.07, 6.45) is 3.10. The molecule has 35 heavy (non-hydrogen) atoms. The Morgan fingerprint density at radius 2 is 1.69 bits per heavy atom. The number of aliphatic carboxylic acids is 2. The lowest BCUT2D eigenvalue weighted by atomic mass is 10.0. The van der Waals surface area contributed by atoms with E-state index in [0.717, 1.165) is 16.5 Å². The number of carbonyl (C=O) groups is 5. The molecule has 3 unspecified atom stereocenters. The van der Waals surface area contributed by atoms with Crippen molar-refractivity contribution in [1.29, 1.82) is 0 Å². The molecule has 0 bridgehead atoms. The molecule has 0 saturated carbocycles. The van der Waals surface area contributed by atoms with Crippen molar-refractivity contribution in [2.45, 2.75) is 37.4 Å². The van der Waals surface area contributed by atoms with Crippen LogP contribution in [0.5, 0.6) is 0 Å². The van der Waals surface area contributed by atoms with E-state index >= 15 is 0 Å². The van der Waals surface area contributed by atoms with Crippen molar-refractivity contribution < 1.29 is 34.2 Å². The lowest BCUT2D eigenvalue weighted by molar-refractivity contribution is -0.141. The van der Waals surface area contributed by atoms with E-state index in [1.165, 1.54) is 11.8 Å². The number of aromatic amines is 1. The maximum atomic E-state index is 12.8. The largest absolute Gasteiger partial charge is 0.481 e. The van der Waals surface area contributed by atoms with Gasteiger partial charge in [0.1, 0.15) is 18.6 Å². The number of H-pyrrole nitrogens is 1. The van der Waals surface area contributed by atoms with Gasteiger partial charge in [0.25, 0.3) is 0 Å². The van der Waals surface area contributed by atoms with Crippen molar-refractivity contribution in [1.82, 2.24) is 20.9 Å². The Morgan fingerprint density at radius 1 is 1.00 bits per heavy atom. The average molecular weight is 508 g/mol. The Hall–Kier alpha value is -3.58. The van der Waals surface area contributed by atoms with Crippen LogP contribution in [0.15, 0.2) is 30.5 Å². The summed E-state index contributed by atoms with van der Waals surface area (Å²) in [5.41, 5.74) is 7.69. The fraction of sp³-hybridized carbons (Fsp3) is 0.409. The van der Waals surface area contributed by atoms with Gasteiger partial charge in [0, 0.05) is 17.1 Å². The molecule has 3 atom stereocenters. The predicted molar refractivity (Wildman–Crippen MR) is 130 cm³/mol. The first kappa shape index (κ1) is 27.7. The van der Waals surface area contributed by atoms with Crippen LogP contribution in [0, 0.1) is 0 Å². The van der Waals surface area contributed by atoms with Crippen molar-refractivity contribution >= 4 is 52.3 Å². The van der Waals surface area contributed by atoms with Gasteiger partial charge in [-0.15, -0.1) is 0 Å². The van der Waals surface area contributed by atoms with Gasteiger partial charge in [-0.1, -0.05) is 18.2 Å². The van der Waals surface area contributed by atoms with E-state index in [9.17, 15) is 29.1 Å². The Labute approximate surface area is 205 Å². The number of rotatable bonds is 14. The minimum absolute atomic E-state index is 0.144. The van der Waals surface area contributed by atoms with Crippen LogP contribution in [0.2, 0.25) is 0 Å². The SMILES string of the molecule is CSCCC(NC(=O)C(CC(=O)O)NC(=O)C(N)Cc1c[nH]c2ccccc12)C(=O)NCC(=O)O. The van der Waals surface area contributed by atoms with E-state index in [4.69, 9.17) is 10.8 Å². The topological polar surface area (TPSA) is 204 Å². The molecule has 1 heterocycles. The summed E-state index contributed by atoms with van der Waals surface area (Å²) in [7, 11) is 0. The number of para-hydroxylation sites is 1. The third-order valence-electron chi connectivity index (χ3n) is 5.12. The highest BCUT2D eigenvalue weighted by atomic mass is 32.2. The first-order chi connectivity index (χ1) is 16.6. The normalized spacial score (nSPS) is 13.4. The number of nitrogens with one attached hydrogen (secondary N) is 4. The third-order valence-corrected chi connectivity index (χ3v) is 5.76. The monoisotopic (exact) mass is 507 g/mol. The molecule has 1 aromatic heterocycles. The summed E-state index contributed by atoms with van der Waals surface area (Å²) in [5.74, 6) is -4.48. The van der Waals surface area contributed by atoms with Gasteiger partial charge >= 0.3 is 11.9 Å². The molecule has 8 N–H and O–H groups in total.